The molecular formula is C12H11N3O3S2. The summed E-state index contributed by atoms with van der Waals surface area (Å²) in [6.07, 6.45) is 3.93. The highest BCUT2D eigenvalue weighted by molar-refractivity contribution is 7.90. The number of nitrogens with zero attached hydrogens (tertiary/aromatic N) is 2. The van der Waals surface area contributed by atoms with E-state index in [0.29, 0.717) is 11.4 Å². The molecular weight excluding hydrogens is 298 g/mol. The first-order chi connectivity index (χ1) is 9.36. The second-order valence-electron chi connectivity index (χ2n) is 3.95. The number of rotatable bonds is 4. The van der Waals surface area contributed by atoms with Crippen LogP contribution in [0.2, 0.25) is 0 Å². The predicted octanol–water partition coefficient (Wildman–Crippen LogP) is 1.31. The SMILES string of the molecule is CS(=O)(=O)c1ccc(Oc2cnc(C(N)=S)cn2)cc1. The van der Waals surface area contributed by atoms with Crippen LogP contribution in [-0.2, 0) is 9.84 Å². The Kier molecular flexibility index (Phi) is 3.96. The fourth-order valence-electron chi connectivity index (χ4n) is 1.37. The number of sulfone groups is 1. The van der Waals surface area contributed by atoms with Crippen LogP contribution in [-0.4, -0.2) is 29.6 Å². The summed E-state index contributed by atoms with van der Waals surface area (Å²) in [6, 6.07) is 6.00. The number of nitrogens with two attached hydrogens (primary N) is 1. The Hall–Kier alpha value is -2.06. The smallest absolute Gasteiger partial charge is 0.237 e. The Balaban J connectivity index is 2.16. The van der Waals surface area contributed by atoms with E-state index >= 15 is 0 Å². The summed E-state index contributed by atoms with van der Waals surface area (Å²) in [4.78, 5) is 8.35. The molecule has 0 bridgehead atoms. The second-order valence-corrected chi connectivity index (χ2v) is 6.41. The topological polar surface area (TPSA) is 95.2 Å². The summed E-state index contributed by atoms with van der Waals surface area (Å²) in [6.45, 7) is 0. The molecule has 104 valence electrons. The average Bonchev–Trinajstić information content (AvgIpc) is 2.39. The molecule has 0 fully saturated rings. The van der Waals surface area contributed by atoms with Crippen molar-refractivity contribution in [2.45, 2.75) is 4.90 Å². The van der Waals surface area contributed by atoms with Gasteiger partial charge in [-0.25, -0.2) is 18.4 Å². The zero-order valence-corrected chi connectivity index (χ0v) is 12.1. The van der Waals surface area contributed by atoms with Crippen LogP contribution in [0.5, 0.6) is 11.6 Å². The van der Waals surface area contributed by atoms with Crippen LogP contribution in [0, 0.1) is 0 Å². The molecule has 0 radical (unpaired) electrons. The summed E-state index contributed by atoms with van der Waals surface area (Å²) < 4.78 is 28.1. The van der Waals surface area contributed by atoms with E-state index in [-0.39, 0.29) is 15.8 Å². The molecule has 20 heavy (non-hydrogen) atoms. The molecule has 0 aliphatic heterocycles. The van der Waals surface area contributed by atoms with Crippen LogP contribution in [0.25, 0.3) is 0 Å². The lowest BCUT2D eigenvalue weighted by Gasteiger charge is -2.05. The van der Waals surface area contributed by atoms with E-state index in [4.69, 9.17) is 22.7 Å². The average molecular weight is 309 g/mol. The molecule has 0 saturated heterocycles. The number of thiocarbonyl (C=S) groups is 1. The van der Waals surface area contributed by atoms with E-state index in [9.17, 15) is 8.42 Å². The van der Waals surface area contributed by atoms with Gasteiger partial charge in [0.25, 0.3) is 0 Å². The van der Waals surface area contributed by atoms with Crippen LogP contribution >= 0.6 is 12.2 Å². The largest absolute Gasteiger partial charge is 0.438 e. The fraction of sp³-hybridized carbons (Fsp3) is 0.0833. The first kappa shape index (κ1) is 14.4. The van der Waals surface area contributed by atoms with Crippen molar-refractivity contribution >= 4 is 27.0 Å². The van der Waals surface area contributed by atoms with Crippen LogP contribution < -0.4 is 10.5 Å². The molecule has 0 aliphatic carbocycles. The summed E-state index contributed by atoms with van der Waals surface area (Å²) in [5.41, 5.74) is 5.81. The molecule has 0 spiro atoms. The molecule has 0 unspecified atom stereocenters. The molecule has 0 atom stereocenters. The summed E-state index contributed by atoms with van der Waals surface area (Å²) >= 11 is 4.76. The zero-order chi connectivity index (χ0) is 14.8. The molecule has 2 N–H and O–H groups in total. The first-order valence-electron chi connectivity index (χ1n) is 5.46. The maximum Gasteiger partial charge on any atom is 0.237 e. The van der Waals surface area contributed by atoms with Crippen molar-refractivity contribution in [2.75, 3.05) is 6.26 Å². The van der Waals surface area contributed by atoms with Gasteiger partial charge in [0, 0.05) is 6.26 Å². The Morgan fingerprint density at radius 3 is 2.30 bits per heavy atom. The number of aromatic nitrogens is 2. The third-order valence-electron chi connectivity index (χ3n) is 2.35. The van der Waals surface area contributed by atoms with E-state index in [2.05, 4.69) is 9.97 Å². The minimum absolute atomic E-state index is 0.154. The van der Waals surface area contributed by atoms with Crippen molar-refractivity contribution in [1.29, 1.82) is 0 Å². The van der Waals surface area contributed by atoms with E-state index < -0.39 is 9.84 Å². The third-order valence-corrected chi connectivity index (χ3v) is 3.69. The molecule has 2 aromatic rings. The molecule has 1 aromatic carbocycles. The van der Waals surface area contributed by atoms with E-state index in [0.717, 1.165) is 6.26 Å². The predicted molar refractivity (Wildman–Crippen MR) is 77.5 cm³/mol. The van der Waals surface area contributed by atoms with Crippen LogP contribution in [0.3, 0.4) is 0 Å². The monoisotopic (exact) mass is 309 g/mol. The van der Waals surface area contributed by atoms with Gasteiger partial charge >= 0.3 is 0 Å². The highest BCUT2D eigenvalue weighted by atomic mass is 32.2. The number of hydrogen-bond donors (Lipinski definition) is 1. The maximum atomic E-state index is 11.3. The van der Waals surface area contributed by atoms with Gasteiger partial charge in [0.1, 0.15) is 16.4 Å². The van der Waals surface area contributed by atoms with Crippen LogP contribution in [0.15, 0.2) is 41.6 Å². The Bertz CT molecular complexity index is 726. The Labute approximate surface area is 121 Å². The molecule has 2 rings (SSSR count). The van der Waals surface area contributed by atoms with Crippen molar-refractivity contribution in [2.24, 2.45) is 5.73 Å². The number of benzene rings is 1. The zero-order valence-electron chi connectivity index (χ0n) is 10.5. The summed E-state index contributed by atoms with van der Waals surface area (Å²) in [5, 5.41) is 0. The first-order valence-corrected chi connectivity index (χ1v) is 7.76. The van der Waals surface area contributed by atoms with Gasteiger partial charge in [-0.15, -0.1) is 0 Å². The molecule has 1 heterocycles. The summed E-state index contributed by atoms with van der Waals surface area (Å²) in [5.74, 6) is 0.715. The molecule has 0 aliphatic rings. The van der Waals surface area contributed by atoms with Crippen molar-refractivity contribution < 1.29 is 13.2 Å². The third kappa shape index (κ3) is 3.49. The fourth-order valence-corrected chi connectivity index (χ4v) is 2.11. The van der Waals surface area contributed by atoms with Crippen molar-refractivity contribution in [1.82, 2.24) is 9.97 Å². The lowest BCUT2D eigenvalue weighted by Crippen LogP contribution is -2.11. The molecule has 1 aromatic heterocycles. The maximum absolute atomic E-state index is 11.3. The second kappa shape index (κ2) is 5.51. The lowest BCUT2D eigenvalue weighted by molar-refractivity contribution is 0.459. The number of ether oxygens (including phenoxy) is 1. The molecule has 8 heteroatoms. The van der Waals surface area contributed by atoms with Gasteiger partial charge in [-0.1, -0.05) is 12.2 Å². The van der Waals surface area contributed by atoms with Gasteiger partial charge in [0.05, 0.1) is 17.3 Å². The Morgan fingerprint density at radius 1 is 1.20 bits per heavy atom. The minimum Gasteiger partial charge on any atom is -0.438 e. The molecule has 6 nitrogen and oxygen atoms in total. The molecule has 0 amide bonds. The highest BCUT2D eigenvalue weighted by Gasteiger charge is 2.07. The van der Waals surface area contributed by atoms with Crippen molar-refractivity contribution in [3.05, 3.63) is 42.4 Å². The van der Waals surface area contributed by atoms with Gasteiger partial charge in [0.2, 0.25) is 5.88 Å². The van der Waals surface area contributed by atoms with Crippen LogP contribution in [0.4, 0.5) is 0 Å². The van der Waals surface area contributed by atoms with Gasteiger partial charge < -0.3 is 10.5 Å². The van der Waals surface area contributed by atoms with Crippen molar-refractivity contribution in [3.8, 4) is 11.6 Å². The minimum atomic E-state index is -3.22. The van der Waals surface area contributed by atoms with Gasteiger partial charge in [0.15, 0.2) is 9.84 Å². The van der Waals surface area contributed by atoms with E-state index in [1.54, 1.807) is 12.1 Å². The normalized spacial score (nSPS) is 11.1. The van der Waals surface area contributed by atoms with E-state index in [1.807, 2.05) is 0 Å². The summed E-state index contributed by atoms with van der Waals surface area (Å²) in [7, 11) is -3.22. The lowest BCUT2D eigenvalue weighted by atomic mass is 10.3. The van der Waals surface area contributed by atoms with E-state index in [1.165, 1.54) is 24.5 Å². The standard InChI is InChI=1S/C12H11N3O3S2/c1-20(16,17)9-4-2-8(3-5-9)18-11-7-14-10(6-15-11)12(13)19/h2-7H,1H3,(H2,13,19). The quantitative estimate of drug-likeness (QED) is 0.851. The van der Waals surface area contributed by atoms with Gasteiger partial charge in [-0.2, -0.15) is 0 Å². The van der Waals surface area contributed by atoms with Gasteiger partial charge in [-0.3, -0.25) is 0 Å². The Morgan fingerprint density at radius 2 is 1.85 bits per heavy atom. The van der Waals surface area contributed by atoms with Gasteiger partial charge in [-0.05, 0) is 24.3 Å². The number of hydrogen-bond acceptors (Lipinski definition) is 6. The highest BCUT2D eigenvalue weighted by Crippen LogP contribution is 2.20. The van der Waals surface area contributed by atoms with Crippen LogP contribution in [0.1, 0.15) is 5.69 Å². The van der Waals surface area contributed by atoms with Crippen molar-refractivity contribution in [3.63, 3.8) is 0 Å². The molecule has 0 saturated carbocycles.